The topological polar surface area (TPSA) is 58.4 Å². The molecule has 0 aromatic heterocycles. The number of carbonyl (C=O) groups is 1. The number of urea groups is 1. The third-order valence-corrected chi connectivity index (χ3v) is 2.17. The molecule has 0 fully saturated rings. The first-order valence-electron chi connectivity index (χ1n) is 4.51. The summed E-state index contributed by atoms with van der Waals surface area (Å²) >= 11 is 5.82. The van der Waals surface area contributed by atoms with E-state index in [2.05, 4.69) is 5.32 Å². The molecule has 1 aromatic carbocycles. The van der Waals surface area contributed by atoms with Crippen molar-refractivity contribution in [3.8, 4) is 0 Å². The van der Waals surface area contributed by atoms with Crippen LogP contribution in [0.2, 0.25) is 5.02 Å². The van der Waals surface area contributed by atoms with Crippen LogP contribution in [-0.4, -0.2) is 25.0 Å². The quantitative estimate of drug-likeness (QED) is 0.861. The van der Waals surface area contributed by atoms with Crippen LogP contribution in [0.1, 0.15) is 5.56 Å². The summed E-state index contributed by atoms with van der Waals surface area (Å²) in [6.45, 7) is 0.337. The summed E-state index contributed by atoms with van der Waals surface area (Å²) in [6, 6.07) is 5.01. The number of nitrogens with one attached hydrogen (secondary N) is 1. The highest BCUT2D eigenvalue weighted by molar-refractivity contribution is 6.30. The molecule has 16 heavy (non-hydrogen) atoms. The number of anilines is 1. The predicted octanol–water partition coefficient (Wildman–Crippen LogP) is 2.31. The third kappa shape index (κ3) is 3.89. The Labute approximate surface area is 106 Å². The molecule has 2 amide bonds. The fourth-order valence-corrected chi connectivity index (χ4v) is 1.27. The fraction of sp³-hybridized carbons (Fsp3) is 0.300. The van der Waals surface area contributed by atoms with Crippen LogP contribution in [0.15, 0.2) is 18.2 Å². The van der Waals surface area contributed by atoms with Gasteiger partial charge in [-0.15, -0.1) is 12.4 Å². The molecular formula is C10H15Cl2N3O. The van der Waals surface area contributed by atoms with Gasteiger partial charge in [-0.25, -0.2) is 4.79 Å². The smallest absolute Gasteiger partial charge is 0.321 e. The molecule has 6 heteroatoms. The Morgan fingerprint density at radius 3 is 2.62 bits per heavy atom. The molecule has 0 aliphatic rings. The van der Waals surface area contributed by atoms with Crippen molar-refractivity contribution in [3.05, 3.63) is 28.8 Å². The number of nitrogens with zero attached hydrogens (tertiary/aromatic N) is 1. The molecule has 0 bridgehead atoms. The first-order chi connectivity index (χ1) is 7.04. The Bertz CT molecular complexity index is 369. The largest absolute Gasteiger partial charge is 0.331 e. The average molecular weight is 264 g/mol. The number of amides is 2. The number of nitrogens with two attached hydrogens (primary N) is 1. The summed E-state index contributed by atoms with van der Waals surface area (Å²) in [6.07, 6.45) is 0. The van der Waals surface area contributed by atoms with Gasteiger partial charge in [-0.2, -0.15) is 0 Å². The van der Waals surface area contributed by atoms with Crippen molar-refractivity contribution < 1.29 is 4.79 Å². The van der Waals surface area contributed by atoms with Gasteiger partial charge in [-0.3, -0.25) is 0 Å². The SMILES string of the molecule is CN(C)C(=O)Nc1ccc(Cl)cc1CN.Cl. The molecule has 0 spiro atoms. The number of rotatable bonds is 2. The fourth-order valence-electron chi connectivity index (χ4n) is 1.08. The van der Waals surface area contributed by atoms with Crippen LogP contribution >= 0.6 is 24.0 Å². The van der Waals surface area contributed by atoms with Crippen molar-refractivity contribution in [2.45, 2.75) is 6.54 Å². The molecule has 0 aliphatic carbocycles. The minimum atomic E-state index is -0.188. The predicted molar refractivity (Wildman–Crippen MR) is 69.3 cm³/mol. The number of benzene rings is 1. The summed E-state index contributed by atoms with van der Waals surface area (Å²) in [5, 5.41) is 3.35. The zero-order valence-electron chi connectivity index (χ0n) is 9.16. The van der Waals surface area contributed by atoms with E-state index in [1.54, 1.807) is 32.3 Å². The minimum absolute atomic E-state index is 0. The van der Waals surface area contributed by atoms with Crippen molar-refractivity contribution in [1.82, 2.24) is 4.90 Å². The Balaban J connectivity index is 0.00000225. The summed E-state index contributed by atoms with van der Waals surface area (Å²) in [7, 11) is 3.35. The van der Waals surface area contributed by atoms with Gasteiger partial charge in [-0.05, 0) is 23.8 Å². The Kier molecular flexibility index (Phi) is 6.18. The molecule has 1 aromatic rings. The van der Waals surface area contributed by atoms with E-state index in [4.69, 9.17) is 17.3 Å². The van der Waals surface area contributed by atoms with Crippen LogP contribution in [0.4, 0.5) is 10.5 Å². The van der Waals surface area contributed by atoms with Crippen molar-refractivity contribution in [3.63, 3.8) is 0 Å². The zero-order chi connectivity index (χ0) is 11.4. The molecule has 3 N–H and O–H groups in total. The molecule has 90 valence electrons. The second-order valence-corrected chi connectivity index (χ2v) is 3.77. The molecule has 0 radical (unpaired) electrons. The van der Waals surface area contributed by atoms with Crippen LogP contribution in [0.5, 0.6) is 0 Å². The number of hydrogen-bond donors (Lipinski definition) is 2. The lowest BCUT2D eigenvalue weighted by molar-refractivity contribution is 0.230. The summed E-state index contributed by atoms with van der Waals surface area (Å²) < 4.78 is 0. The minimum Gasteiger partial charge on any atom is -0.331 e. The molecule has 0 atom stereocenters. The van der Waals surface area contributed by atoms with E-state index in [0.717, 1.165) is 5.56 Å². The number of halogens is 2. The van der Waals surface area contributed by atoms with E-state index < -0.39 is 0 Å². The van der Waals surface area contributed by atoms with Gasteiger partial charge in [0.25, 0.3) is 0 Å². The van der Waals surface area contributed by atoms with E-state index in [1.807, 2.05) is 0 Å². The van der Waals surface area contributed by atoms with Crippen LogP contribution < -0.4 is 11.1 Å². The summed E-state index contributed by atoms with van der Waals surface area (Å²) in [5.74, 6) is 0. The molecule has 0 unspecified atom stereocenters. The maximum atomic E-state index is 11.4. The van der Waals surface area contributed by atoms with Gasteiger partial charge in [-0.1, -0.05) is 11.6 Å². The van der Waals surface area contributed by atoms with Crippen molar-refractivity contribution >= 4 is 35.7 Å². The number of hydrogen-bond acceptors (Lipinski definition) is 2. The molecule has 0 heterocycles. The maximum absolute atomic E-state index is 11.4. The van der Waals surface area contributed by atoms with Crippen LogP contribution in [0, 0.1) is 0 Å². The van der Waals surface area contributed by atoms with Gasteiger partial charge >= 0.3 is 6.03 Å². The Morgan fingerprint density at radius 2 is 2.12 bits per heavy atom. The highest BCUT2D eigenvalue weighted by Gasteiger charge is 2.07. The molecule has 4 nitrogen and oxygen atoms in total. The highest BCUT2D eigenvalue weighted by atomic mass is 35.5. The molecular weight excluding hydrogens is 249 g/mol. The molecule has 0 aliphatic heterocycles. The summed E-state index contributed by atoms with van der Waals surface area (Å²) in [5.41, 5.74) is 7.06. The molecule has 0 saturated carbocycles. The summed E-state index contributed by atoms with van der Waals surface area (Å²) in [4.78, 5) is 12.9. The van der Waals surface area contributed by atoms with Gasteiger partial charge in [0.1, 0.15) is 0 Å². The van der Waals surface area contributed by atoms with Crippen LogP contribution in [0.25, 0.3) is 0 Å². The van der Waals surface area contributed by atoms with Gasteiger partial charge in [0.2, 0.25) is 0 Å². The monoisotopic (exact) mass is 263 g/mol. The van der Waals surface area contributed by atoms with Crippen molar-refractivity contribution in [2.24, 2.45) is 5.73 Å². The van der Waals surface area contributed by atoms with Crippen LogP contribution in [0.3, 0.4) is 0 Å². The highest BCUT2D eigenvalue weighted by Crippen LogP contribution is 2.20. The second kappa shape index (κ2) is 6.58. The van der Waals surface area contributed by atoms with E-state index in [-0.39, 0.29) is 18.4 Å². The van der Waals surface area contributed by atoms with E-state index in [9.17, 15) is 4.79 Å². The van der Waals surface area contributed by atoms with E-state index in [1.165, 1.54) is 4.90 Å². The van der Waals surface area contributed by atoms with Crippen molar-refractivity contribution in [1.29, 1.82) is 0 Å². The molecule has 1 rings (SSSR count). The maximum Gasteiger partial charge on any atom is 0.321 e. The Morgan fingerprint density at radius 1 is 1.50 bits per heavy atom. The Hall–Kier alpha value is -0.970. The van der Waals surface area contributed by atoms with Crippen LogP contribution in [-0.2, 0) is 6.54 Å². The normalized spacial score (nSPS) is 9.25. The van der Waals surface area contributed by atoms with Crippen molar-refractivity contribution in [2.75, 3.05) is 19.4 Å². The lowest BCUT2D eigenvalue weighted by Gasteiger charge is -2.14. The third-order valence-electron chi connectivity index (χ3n) is 1.93. The zero-order valence-corrected chi connectivity index (χ0v) is 10.7. The number of carbonyl (C=O) groups excluding carboxylic acids is 1. The van der Waals surface area contributed by atoms with Gasteiger partial charge in [0.05, 0.1) is 0 Å². The lowest BCUT2D eigenvalue weighted by Crippen LogP contribution is -2.27. The van der Waals surface area contributed by atoms with E-state index >= 15 is 0 Å². The van der Waals surface area contributed by atoms with Gasteiger partial charge in [0, 0.05) is 31.4 Å². The molecule has 0 saturated heterocycles. The first kappa shape index (κ1) is 15.0. The first-order valence-corrected chi connectivity index (χ1v) is 4.89. The van der Waals surface area contributed by atoms with E-state index in [0.29, 0.717) is 17.3 Å². The second-order valence-electron chi connectivity index (χ2n) is 3.33. The lowest BCUT2D eigenvalue weighted by atomic mass is 10.2. The van der Waals surface area contributed by atoms with Gasteiger partial charge < -0.3 is 16.0 Å². The van der Waals surface area contributed by atoms with Gasteiger partial charge in [0.15, 0.2) is 0 Å². The standard InChI is InChI=1S/C10H14ClN3O.ClH/c1-14(2)10(15)13-9-4-3-8(11)5-7(9)6-12;/h3-5H,6,12H2,1-2H3,(H,13,15);1H. The average Bonchev–Trinajstić information content (AvgIpc) is 2.20.